The summed E-state index contributed by atoms with van der Waals surface area (Å²) in [4.78, 5) is 0. The van der Waals surface area contributed by atoms with E-state index in [1.54, 1.807) is 0 Å². The first-order chi connectivity index (χ1) is 10.0. The average Bonchev–Trinajstić information content (AvgIpc) is 2.46. The molecular weight excluding hydrogens is 256 g/mol. The molecule has 1 heteroatoms. The SMILES string of the molecule is CC1CCC(C(C)C)C([O])(c2cccc3ccccc23)C1. The predicted octanol–water partition coefficient (Wildman–Crippen LogP) is 5.56. The molecule has 1 fully saturated rings. The van der Waals surface area contributed by atoms with Crippen LogP contribution in [0, 0.1) is 17.8 Å². The van der Waals surface area contributed by atoms with E-state index >= 15 is 0 Å². The van der Waals surface area contributed by atoms with Gasteiger partial charge in [-0.2, -0.15) is 0 Å². The molecule has 2 aromatic rings. The molecule has 0 amide bonds. The molecule has 21 heavy (non-hydrogen) atoms. The van der Waals surface area contributed by atoms with E-state index in [1.807, 2.05) is 18.2 Å². The highest BCUT2D eigenvalue weighted by molar-refractivity contribution is 5.86. The zero-order valence-corrected chi connectivity index (χ0v) is 13.3. The van der Waals surface area contributed by atoms with Crippen LogP contribution in [0.4, 0.5) is 0 Å². The second-order valence-corrected chi connectivity index (χ2v) is 7.15. The monoisotopic (exact) mass is 281 g/mol. The van der Waals surface area contributed by atoms with Crippen molar-refractivity contribution in [3.05, 3.63) is 48.0 Å². The lowest BCUT2D eigenvalue weighted by Crippen LogP contribution is -2.42. The molecule has 1 nitrogen and oxygen atoms in total. The van der Waals surface area contributed by atoms with Crippen molar-refractivity contribution in [3.8, 4) is 0 Å². The Kier molecular flexibility index (Phi) is 3.79. The molecule has 0 bridgehead atoms. The Balaban J connectivity index is 2.17. The number of fused-ring (bicyclic) bond motifs is 1. The molecule has 0 N–H and O–H groups in total. The van der Waals surface area contributed by atoms with E-state index in [1.165, 1.54) is 11.8 Å². The molecule has 0 saturated heterocycles. The summed E-state index contributed by atoms with van der Waals surface area (Å²) in [6.45, 7) is 6.64. The molecule has 3 atom stereocenters. The minimum absolute atomic E-state index is 0.236. The minimum atomic E-state index is -0.938. The maximum absolute atomic E-state index is 13.9. The standard InChI is InChI=1S/C20H25O/c1-14(2)18-12-11-15(3)13-20(18,21)19-10-6-8-16-7-4-5-9-17(16)19/h4-10,14-15,18H,11-13H2,1-3H3. The van der Waals surface area contributed by atoms with Gasteiger partial charge < -0.3 is 0 Å². The quantitative estimate of drug-likeness (QED) is 0.687. The molecule has 111 valence electrons. The minimum Gasteiger partial charge on any atom is -0.224 e. The van der Waals surface area contributed by atoms with Crippen molar-refractivity contribution in [2.24, 2.45) is 17.8 Å². The van der Waals surface area contributed by atoms with E-state index in [0.717, 1.165) is 23.8 Å². The van der Waals surface area contributed by atoms with Gasteiger partial charge in [0.15, 0.2) is 0 Å². The fraction of sp³-hybridized carbons (Fsp3) is 0.500. The van der Waals surface area contributed by atoms with E-state index in [0.29, 0.717) is 11.8 Å². The first kappa shape index (κ1) is 14.6. The third kappa shape index (κ3) is 2.48. The van der Waals surface area contributed by atoms with Crippen LogP contribution in [0.3, 0.4) is 0 Å². The number of hydrogen-bond acceptors (Lipinski definition) is 0. The lowest BCUT2D eigenvalue weighted by molar-refractivity contribution is -0.134. The third-order valence-corrected chi connectivity index (χ3v) is 5.27. The van der Waals surface area contributed by atoms with Gasteiger partial charge in [0.05, 0.1) is 0 Å². The summed E-state index contributed by atoms with van der Waals surface area (Å²) in [6.07, 6.45) is 3.02. The Hall–Kier alpha value is -1.34. The van der Waals surface area contributed by atoms with Crippen molar-refractivity contribution in [1.82, 2.24) is 0 Å². The van der Waals surface area contributed by atoms with Crippen LogP contribution in [0.25, 0.3) is 10.8 Å². The van der Waals surface area contributed by atoms with E-state index in [9.17, 15) is 5.11 Å². The van der Waals surface area contributed by atoms with Crippen LogP contribution >= 0.6 is 0 Å². The highest BCUT2D eigenvalue weighted by atomic mass is 16.3. The first-order valence-electron chi connectivity index (χ1n) is 8.21. The second-order valence-electron chi connectivity index (χ2n) is 7.15. The lowest BCUT2D eigenvalue weighted by Gasteiger charge is -2.43. The van der Waals surface area contributed by atoms with Gasteiger partial charge in [-0.3, -0.25) is 0 Å². The Morgan fingerprint density at radius 3 is 2.52 bits per heavy atom. The van der Waals surface area contributed by atoms with E-state index < -0.39 is 5.60 Å². The molecule has 1 saturated carbocycles. The van der Waals surface area contributed by atoms with Gasteiger partial charge in [-0.25, -0.2) is 5.11 Å². The van der Waals surface area contributed by atoms with Crippen molar-refractivity contribution >= 4 is 10.8 Å². The Morgan fingerprint density at radius 2 is 1.76 bits per heavy atom. The van der Waals surface area contributed by atoms with E-state index in [4.69, 9.17) is 0 Å². The molecule has 0 heterocycles. The average molecular weight is 281 g/mol. The molecule has 1 aliphatic carbocycles. The molecule has 3 unspecified atom stereocenters. The topological polar surface area (TPSA) is 19.9 Å². The summed E-state index contributed by atoms with van der Waals surface area (Å²) in [7, 11) is 0. The normalized spacial score (nSPS) is 30.0. The molecular formula is C20H25O. The highest BCUT2D eigenvalue weighted by Crippen LogP contribution is 2.49. The largest absolute Gasteiger partial charge is 0.224 e. The lowest BCUT2D eigenvalue weighted by atomic mass is 9.64. The summed E-state index contributed by atoms with van der Waals surface area (Å²) >= 11 is 0. The molecule has 1 radical (unpaired) electrons. The molecule has 0 aromatic heterocycles. The van der Waals surface area contributed by atoms with Crippen molar-refractivity contribution in [2.45, 2.75) is 45.6 Å². The van der Waals surface area contributed by atoms with Crippen LogP contribution in [-0.2, 0) is 10.7 Å². The Morgan fingerprint density at radius 1 is 1.05 bits per heavy atom. The first-order valence-corrected chi connectivity index (χ1v) is 8.21. The Bertz CT molecular complexity index is 625. The van der Waals surface area contributed by atoms with Gasteiger partial charge in [0.2, 0.25) is 0 Å². The molecule has 1 aliphatic rings. The molecule has 0 spiro atoms. The van der Waals surface area contributed by atoms with Crippen LogP contribution in [0.15, 0.2) is 42.5 Å². The van der Waals surface area contributed by atoms with Crippen molar-refractivity contribution in [3.63, 3.8) is 0 Å². The zero-order valence-electron chi connectivity index (χ0n) is 13.3. The molecule has 2 aromatic carbocycles. The summed E-state index contributed by atoms with van der Waals surface area (Å²) in [5.41, 5.74) is 0.0815. The van der Waals surface area contributed by atoms with Gasteiger partial charge in [-0.05, 0) is 46.9 Å². The van der Waals surface area contributed by atoms with Crippen LogP contribution in [0.1, 0.15) is 45.6 Å². The maximum atomic E-state index is 13.9. The zero-order chi connectivity index (χ0) is 15.0. The van der Waals surface area contributed by atoms with E-state index in [2.05, 4.69) is 45.0 Å². The van der Waals surface area contributed by atoms with Crippen LogP contribution in [0.5, 0.6) is 0 Å². The van der Waals surface area contributed by atoms with Crippen molar-refractivity contribution in [1.29, 1.82) is 0 Å². The van der Waals surface area contributed by atoms with Gasteiger partial charge in [0, 0.05) is 0 Å². The number of hydrogen-bond donors (Lipinski definition) is 0. The second kappa shape index (κ2) is 5.46. The van der Waals surface area contributed by atoms with Crippen molar-refractivity contribution in [2.75, 3.05) is 0 Å². The third-order valence-electron chi connectivity index (χ3n) is 5.27. The van der Waals surface area contributed by atoms with E-state index in [-0.39, 0.29) is 5.92 Å². The van der Waals surface area contributed by atoms with Gasteiger partial charge in [-0.15, -0.1) is 0 Å². The van der Waals surface area contributed by atoms with Gasteiger partial charge >= 0.3 is 0 Å². The smallest absolute Gasteiger partial charge is 0.132 e. The number of rotatable bonds is 2. The van der Waals surface area contributed by atoms with Gasteiger partial charge in [0.25, 0.3) is 0 Å². The fourth-order valence-electron chi connectivity index (χ4n) is 4.24. The molecule has 0 aliphatic heterocycles. The maximum Gasteiger partial charge on any atom is 0.132 e. The summed E-state index contributed by atoms with van der Waals surface area (Å²) in [5, 5.41) is 16.3. The van der Waals surface area contributed by atoms with Crippen molar-refractivity contribution < 1.29 is 5.11 Å². The number of benzene rings is 2. The van der Waals surface area contributed by atoms with Crippen LogP contribution < -0.4 is 0 Å². The van der Waals surface area contributed by atoms with Crippen LogP contribution in [0.2, 0.25) is 0 Å². The Labute approximate surface area is 128 Å². The summed E-state index contributed by atoms with van der Waals surface area (Å²) in [5.74, 6) is 1.20. The highest BCUT2D eigenvalue weighted by Gasteiger charge is 2.46. The van der Waals surface area contributed by atoms with Gasteiger partial charge in [-0.1, -0.05) is 69.7 Å². The van der Waals surface area contributed by atoms with Crippen LogP contribution in [-0.4, -0.2) is 0 Å². The summed E-state index contributed by atoms with van der Waals surface area (Å²) < 4.78 is 0. The fourth-order valence-corrected chi connectivity index (χ4v) is 4.24. The summed E-state index contributed by atoms with van der Waals surface area (Å²) in [6, 6.07) is 14.5. The predicted molar refractivity (Wildman–Crippen MR) is 87.7 cm³/mol. The molecule has 3 rings (SSSR count). The van der Waals surface area contributed by atoms with Gasteiger partial charge in [0.1, 0.15) is 5.60 Å².